The van der Waals surface area contributed by atoms with Crippen molar-refractivity contribution >= 4 is 28.7 Å². The zero-order valence-electron chi connectivity index (χ0n) is 14.5. The number of nitrogens with two attached hydrogens (primary N) is 2. The summed E-state index contributed by atoms with van der Waals surface area (Å²) >= 11 is 0. The van der Waals surface area contributed by atoms with Crippen LogP contribution in [-0.4, -0.2) is 22.6 Å². The third-order valence-electron chi connectivity index (χ3n) is 4.99. The van der Waals surface area contributed by atoms with Crippen molar-refractivity contribution in [2.24, 2.45) is 21.5 Å². The third kappa shape index (κ3) is 2.73. The van der Waals surface area contributed by atoms with E-state index in [0.29, 0.717) is 5.96 Å². The predicted molar refractivity (Wildman–Crippen MR) is 99.5 cm³/mol. The van der Waals surface area contributed by atoms with Crippen molar-refractivity contribution in [2.45, 2.75) is 57.5 Å². The molecule has 0 atom stereocenters. The summed E-state index contributed by atoms with van der Waals surface area (Å²) in [6.45, 7) is 2.11. The average Bonchev–Trinajstić information content (AvgIpc) is 2.97. The van der Waals surface area contributed by atoms with Gasteiger partial charge in [-0.2, -0.15) is 4.99 Å². The molecule has 0 unspecified atom stereocenters. The summed E-state index contributed by atoms with van der Waals surface area (Å²) in [7, 11) is 0. The summed E-state index contributed by atoms with van der Waals surface area (Å²) in [5.41, 5.74) is 14.3. The molecular formula is C18H24N6O. The molecule has 132 valence electrons. The number of nitrogens with zero attached hydrogens (tertiary/aromatic N) is 4. The molecule has 0 radical (unpaired) electrons. The summed E-state index contributed by atoms with van der Waals surface area (Å²) in [5.74, 6) is 1.42. The highest BCUT2D eigenvalue weighted by Crippen LogP contribution is 2.40. The van der Waals surface area contributed by atoms with Crippen molar-refractivity contribution < 1.29 is 4.42 Å². The number of guanidine groups is 2. The largest absolute Gasteiger partial charge is 0.441 e. The molecule has 2 heterocycles. The lowest BCUT2D eigenvalue weighted by molar-refractivity contribution is 0.305. The smallest absolute Gasteiger partial charge is 0.220 e. The van der Waals surface area contributed by atoms with Crippen molar-refractivity contribution in [3.05, 3.63) is 24.1 Å². The van der Waals surface area contributed by atoms with Crippen molar-refractivity contribution in [3.8, 4) is 0 Å². The van der Waals surface area contributed by atoms with Gasteiger partial charge < -0.3 is 15.9 Å². The highest BCUT2D eigenvalue weighted by molar-refractivity contribution is 6.06. The van der Waals surface area contributed by atoms with Gasteiger partial charge in [0.15, 0.2) is 11.5 Å². The third-order valence-corrected chi connectivity index (χ3v) is 4.99. The molecule has 1 fully saturated rings. The molecule has 1 aromatic carbocycles. The quantitative estimate of drug-likeness (QED) is 0.893. The minimum Gasteiger partial charge on any atom is -0.441 e. The van der Waals surface area contributed by atoms with E-state index in [2.05, 4.69) is 16.9 Å². The fourth-order valence-corrected chi connectivity index (χ4v) is 3.92. The molecule has 1 aromatic heterocycles. The molecule has 1 spiro atoms. The van der Waals surface area contributed by atoms with Crippen molar-refractivity contribution in [3.63, 3.8) is 0 Å². The number of hydrogen-bond acceptors (Lipinski definition) is 7. The Labute approximate surface area is 146 Å². The summed E-state index contributed by atoms with van der Waals surface area (Å²) < 4.78 is 5.89. The Morgan fingerprint density at radius 3 is 2.76 bits per heavy atom. The molecule has 4 rings (SSSR count). The first-order valence-corrected chi connectivity index (χ1v) is 9.00. The fourth-order valence-electron chi connectivity index (χ4n) is 3.92. The van der Waals surface area contributed by atoms with Crippen LogP contribution in [0.1, 0.15) is 51.3 Å². The van der Waals surface area contributed by atoms with Crippen LogP contribution < -0.4 is 16.4 Å². The fraction of sp³-hybridized carbons (Fsp3) is 0.500. The summed E-state index contributed by atoms with van der Waals surface area (Å²) in [6, 6.07) is 5.96. The van der Waals surface area contributed by atoms with Gasteiger partial charge in [-0.25, -0.2) is 9.98 Å². The number of aromatic nitrogens is 1. The predicted octanol–water partition coefficient (Wildman–Crippen LogP) is 2.89. The summed E-state index contributed by atoms with van der Waals surface area (Å²) in [5, 5.41) is 0. The number of fused-ring (bicyclic) bond motifs is 1. The van der Waals surface area contributed by atoms with Crippen LogP contribution in [0.2, 0.25) is 0 Å². The Kier molecular flexibility index (Phi) is 3.86. The molecule has 7 heteroatoms. The number of rotatable bonds is 3. The highest BCUT2D eigenvalue weighted by atomic mass is 16.3. The van der Waals surface area contributed by atoms with Crippen molar-refractivity contribution in [2.75, 3.05) is 4.90 Å². The molecule has 4 N–H and O–H groups in total. The molecule has 2 aromatic rings. The van der Waals surface area contributed by atoms with Gasteiger partial charge in [0.2, 0.25) is 11.9 Å². The molecule has 7 nitrogen and oxygen atoms in total. The molecule has 0 bridgehead atoms. The minimum absolute atomic E-state index is 0.265. The van der Waals surface area contributed by atoms with E-state index in [0.717, 1.165) is 61.2 Å². The van der Waals surface area contributed by atoms with Crippen LogP contribution in [0.5, 0.6) is 0 Å². The van der Waals surface area contributed by atoms with Gasteiger partial charge in [-0.05, 0) is 44.2 Å². The number of oxazole rings is 1. The lowest BCUT2D eigenvalue weighted by Gasteiger charge is -2.45. The SMILES string of the molecule is CCCc1nc2ccc(N3C(N)=NC(N)=NC34CCCCC4)cc2o1. The van der Waals surface area contributed by atoms with Gasteiger partial charge in [-0.15, -0.1) is 0 Å². The van der Waals surface area contributed by atoms with E-state index in [1.807, 2.05) is 23.1 Å². The van der Waals surface area contributed by atoms with E-state index in [9.17, 15) is 0 Å². The maximum atomic E-state index is 6.27. The molecule has 1 saturated carbocycles. The zero-order valence-corrected chi connectivity index (χ0v) is 14.5. The van der Waals surface area contributed by atoms with Gasteiger partial charge in [-0.3, -0.25) is 4.90 Å². The molecule has 2 aliphatic rings. The van der Waals surface area contributed by atoms with Crippen LogP contribution in [0.25, 0.3) is 11.1 Å². The van der Waals surface area contributed by atoms with Crippen LogP contribution in [0, 0.1) is 0 Å². The van der Waals surface area contributed by atoms with Gasteiger partial charge >= 0.3 is 0 Å². The normalized spacial score (nSPS) is 20.0. The minimum atomic E-state index is -0.436. The Hall–Kier alpha value is -2.57. The number of aryl methyl sites for hydroxylation is 1. The second kappa shape index (κ2) is 6.06. The first kappa shape index (κ1) is 15.9. The van der Waals surface area contributed by atoms with E-state index < -0.39 is 5.66 Å². The van der Waals surface area contributed by atoms with Gasteiger partial charge in [0.1, 0.15) is 11.2 Å². The molecule has 1 aliphatic carbocycles. The molecule has 25 heavy (non-hydrogen) atoms. The molecule has 0 amide bonds. The topological polar surface area (TPSA) is 106 Å². The van der Waals surface area contributed by atoms with Gasteiger partial charge in [0.05, 0.1) is 5.69 Å². The Morgan fingerprint density at radius 2 is 2.00 bits per heavy atom. The molecular weight excluding hydrogens is 316 g/mol. The van der Waals surface area contributed by atoms with E-state index in [1.165, 1.54) is 6.42 Å². The number of benzene rings is 1. The first-order chi connectivity index (χ1) is 12.1. The second-order valence-corrected chi connectivity index (χ2v) is 6.83. The van der Waals surface area contributed by atoms with Gasteiger partial charge in [-0.1, -0.05) is 13.3 Å². The number of anilines is 1. The number of hydrogen-bond donors (Lipinski definition) is 2. The van der Waals surface area contributed by atoms with E-state index in [1.54, 1.807) is 0 Å². The van der Waals surface area contributed by atoms with Crippen LogP contribution in [0.15, 0.2) is 32.6 Å². The Morgan fingerprint density at radius 1 is 1.20 bits per heavy atom. The van der Waals surface area contributed by atoms with Crippen LogP contribution in [0.3, 0.4) is 0 Å². The van der Waals surface area contributed by atoms with Gasteiger partial charge in [0.25, 0.3) is 0 Å². The highest BCUT2D eigenvalue weighted by Gasteiger charge is 2.42. The maximum Gasteiger partial charge on any atom is 0.220 e. The standard InChI is InChI=1S/C18H24N6O/c1-2-6-15-21-13-8-7-12(11-14(13)25-15)24-17(20)22-16(19)23-18(24)9-4-3-5-10-18/h7-8,11H,2-6,9-10H2,1H3,(H4,19,20,22,23). The average molecular weight is 340 g/mol. The van der Waals surface area contributed by atoms with Crippen molar-refractivity contribution in [1.29, 1.82) is 0 Å². The van der Waals surface area contributed by atoms with Gasteiger partial charge in [0, 0.05) is 12.5 Å². The van der Waals surface area contributed by atoms with Crippen molar-refractivity contribution in [1.82, 2.24) is 4.98 Å². The van der Waals surface area contributed by atoms with Crippen LogP contribution in [0.4, 0.5) is 5.69 Å². The lowest BCUT2D eigenvalue weighted by Crippen LogP contribution is -2.58. The number of aliphatic imine (C=N–C) groups is 2. The first-order valence-electron chi connectivity index (χ1n) is 9.00. The lowest BCUT2D eigenvalue weighted by atomic mass is 9.87. The molecule has 1 aliphatic heterocycles. The second-order valence-electron chi connectivity index (χ2n) is 6.83. The van der Waals surface area contributed by atoms with E-state index in [-0.39, 0.29) is 5.96 Å². The van der Waals surface area contributed by atoms with E-state index in [4.69, 9.17) is 20.9 Å². The zero-order chi connectivity index (χ0) is 17.4. The molecule has 0 saturated heterocycles. The maximum absolute atomic E-state index is 6.27. The summed E-state index contributed by atoms with van der Waals surface area (Å²) in [6.07, 6.45) is 7.09. The Balaban J connectivity index is 1.77. The van der Waals surface area contributed by atoms with Crippen LogP contribution >= 0.6 is 0 Å². The monoisotopic (exact) mass is 340 g/mol. The summed E-state index contributed by atoms with van der Waals surface area (Å²) in [4.78, 5) is 15.5. The van der Waals surface area contributed by atoms with E-state index >= 15 is 0 Å². The van der Waals surface area contributed by atoms with Crippen LogP contribution in [-0.2, 0) is 6.42 Å². The Bertz CT molecular complexity index is 846.